The van der Waals surface area contributed by atoms with Gasteiger partial charge in [0, 0.05) is 31.4 Å². The molecule has 1 aromatic heterocycles. The van der Waals surface area contributed by atoms with Gasteiger partial charge in [-0.2, -0.15) is 0 Å². The van der Waals surface area contributed by atoms with Gasteiger partial charge in [0.25, 0.3) is 11.8 Å². The average Bonchev–Trinajstić information content (AvgIpc) is 2.96. The van der Waals surface area contributed by atoms with E-state index in [1.54, 1.807) is 12.1 Å². The molecule has 1 aliphatic heterocycles. The lowest BCUT2D eigenvalue weighted by atomic mass is 10.1. The molecule has 2 heterocycles. The average molecular weight is 351 g/mol. The Kier molecular flexibility index (Phi) is 6.00. The molecule has 26 heavy (non-hydrogen) atoms. The minimum absolute atomic E-state index is 0.0118. The number of aromatic nitrogens is 1. The Labute approximate surface area is 154 Å². The van der Waals surface area contributed by atoms with E-state index in [0.717, 1.165) is 37.1 Å². The molecule has 0 saturated carbocycles. The summed E-state index contributed by atoms with van der Waals surface area (Å²) in [6.45, 7) is 4.03. The maximum atomic E-state index is 12.7. The molecule has 1 fully saturated rings. The maximum Gasteiger partial charge on any atom is 0.270 e. The van der Waals surface area contributed by atoms with Crippen molar-refractivity contribution in [2.24, 2.45) is 0 Å². The highest BCUT2D eigenvalue weighted by molar-refractivity contribution is 5.98. The number of hydrogen-bond donors (Lipinski definition) is 1. The number of carbonyl (C=O) groups excluding carboxylic acids is 2. The quantitative estimate of drug-likeness (QED) is 0.919. The van der Waals surface area contributed by atoms with E-state index in [0.29, 0.717) is 12.1 Å². The fourth-order valence-electron chi connectivity index (χ4n) is 3.22. The smallest absolute Gasteiger partial charge is 0.270 e. The highest BCUT2D eigenvalue weighted by Gasteiger charge is 2.19. The number of nitrogens with zero attached hydrogens (tertiary/aromatic N) is 2. The van der Waals surface area contributed by atoms with Crippen molar-refractivity contribution in [3.05, 3.63) is 65.0 Å². The molecule has 1 aromatic carbocycles. The summed E-state index contributed by atoms with van der Waals surface area (Å²) in [5, 5.41) is 2.89. The number of nitrogens with one attached hydrogen (secondary N) is 1. The molecule has 2 aromatic rings. The normalized spacial score (nSPS) is 14.6. The first-order chi connectivity index (χ1) is 12.6. The first kappa shape index (κ1) is 18.1. The maximum absolute atomic E-state index is 12.7. The summed E-state index contributed by atoms with van der Waals surface area (Å²) in [7, 11) is 0. The topological polar surface area (TPSA) is 62.3 Å². The number of amides is 2. The second-order valence-electron chi connectivity index (χ2n) is 6.75. The van der Waals surface area contributed by atoms with Crippen LogP contribution >= 0.6 is 0 Å². The van der Waals surface area contributed by atoms with Crippen LogP contribution in [0.4, 0.5) is 0 Å². The molecular weight excluding hydrogens is 326 g/mol. The van der Waals surface area contributed by atoms with Crippen molar-refractivity contribution in [2.75, 3.05) is 13.1 Å². The van der Waals surface area contributed by atoms with Gasteiger partial charge in [-0.3, -0.25) is 14.6 Å². The second kappa shape index (κ2) is 8.61. The van der Waals surface area contributed by atoms with Gasteiger partial charge >= 0.3 is 0 Å². The molecule has 1 N–H and O–H groups in total. The number of benzene rings is 1. The van der Waals surface area contributed by atoms with Crippen LogP contribution in [0.15, 0.2) is 42.6 Å². The number of pyridine rings is 1. The first-order valence-corrected chi connectivity index (χ1v) is 9.23. The van der Waals surface area contributed by atoms with Crippen LogP contribution in [0.25, 0.3) is 0 Å². The zero-order valence-electron chi connectivity index (χ0n) is 15.2. The summed E-state index contributed by atoms with van der Waals surface area (Å²) in [5.41, 5.74) is 3.01. The summed E-state index contributed by atoms with van der Waals surface area (Å²) >= 11 is 0. The molecule has 1 saturated heterocycles. The molecule has 136 valence electrons. The highest BCUT2D eigenvalue weighted by Crippen LogP contribution is 2.14. The molecule has 0 aliphatic carbocycles. The van der Waals surface area contributed by atoms with Crippen LogP contribution in [-0.4, -0.2) is 34.8 Å². The molecule has 5 heteroatoms. The summed E-state index contributed by atoms with van der Waals surface area (Å²) in [6, 6.07) is 11.2. The van der Waals surface area contributed by atoms with Crippen LogP contribution in [0.3, 0.4) is 0 Å². The van der Waals surface area contributed by atoms with Gasteiger partial charge in [-0.15, -0.1) is 0 Å². The minimum Gasteiger partial charge on any atom is -0.347 e. The molecule has 0 unspecified atom stereocenters. The standard InChI is InChI=1S/C21H25N3O2/c1-16-8-4-5-9-18(16)15-23-20(25)19-14-17(10-11-22-19)21(26)24-12-6-2-3-7-13-24/h4-5,8-11,14H,2-3,6-7,12-13,15H2,1H3,(H,23,25). The molecule has 5 nitrogen and oxygen atoms in total. The van der Waals surface area contributed by atoms with Crippen molar-refractivity contribution in [2.45, 2.75) is 39.2 Å². The lowest BCUT2D eigenvalue weighted by Crippen LogP contribution is -2.32. The Bertz CT molecular complexity index is 780. The van der Waals surface area contributed by atoms with E-state index in [2.05, 4.69) is 10.3 Å². The molecule has 3 rings (SSSR count). The predicted octanol–water partition coefficient (Wildman–Crippen LogP) is 3.34. The fraction of sp³-hybridized carbons (Fsp3) is 0.381. The Hall–Kier alpha value is -2.69. The summed E-state index contributed by atoms with van der Waals surface area (Å²) in [6.07, 6.45) is 5.97. The lowest BCUT2D eigenvalue weighted by molar-refractivity contribution is 0.0761. The van der Waals surface area contributed by atoms with Gasteiger partial charge in [0.15, 0.2) is 0 Å². The summed E-state index contributed by atoms with van der Waals surface area (Å²) in [5.74, 6) is -0.277. The Morgan fingerprint density at radius 1 is 1.08 bits per heavy atom. The van der Waals surface area contributed by atoms with Crippen molar-refractivity contribution >= 4 is 11.8 Å². The third-order valence-electron chi connectivity index (χ3n) is 4.83. The molecule has 0 bridgehead atoms. The van der Waals surface area contributed by atoms with Gasteiger partial charge in [0.2, 0.25) is 0 Å². The SMILES string of the molecule is Cc1ccccc1CNC(=O)c1cc(C(=O)N2CCCCCC2)ccn1. The zero-order chi connectivity index (χ0) is 18.4. The van der Waals surface area contributed by atoms with Crippen LogP contribution in [-0.2, 0) is 6.54 Å². The number of hydrogen-bond acceptors (Lipinski definition) is 3. The van der Waals surface area contributed by atoms with Gasteiger partial charge < -0.3 is 10.2 Å². The number of carbonyl (C=O) groups is 2. The third kappa shape index (κ3) is 4.48. The van der Waals surface area contributed by atoms with Crippen molar-refractivity contribution in [3.63, 3.8) is 0 Å². The van der Waals surface area contributed by atoms with E-state index in [1.807, 2.05) is 36.1 Å². The molecule has 0 radical (unpaired) electrons. The van der Waals surface area contributed by atoms with Crippen molar-refractivity contribution in [1.29, 1.82) is 0 Å². The van der Waals surface area contributed by atoms with Gasteiger partial charge in [-0.25, -0.2) is 0 Å². The van der Waals surface area contributed by atoms with Crippen LogP contribution in [0.5, 0.6) is 0 Å². The van der Waals surface area contributed by atoms with E-state index < -0.39 is 0 Å². The van der Waals surface area contributed by atoms with E-state index in [4.69, 9.17) is 0 Å². The van der Waals surface area contributed by atoms with Crippen molar-refractivity contribution in [1.82, 2.24) is 15.2 Å². The number of rotatable bonds is 4. The molecule has 1 aliphatic rings. The van der Waals surface area contributed by atoms with E-state index in [1.165, 1.54) is 19.0 Å². The van der Waals surface area contributed by atoms with E-state index >= 15 is 0 Å². The fourth-order valence-corrected chi connectivity index (χ4v) is 3.22. The van der Waals surface area contributed by atoms with Gasteiger partial charge in [-0.1, -0.05) is 37.1 Å². The van der Waals surface area contributed by atoms with Gasteiger partial charge in [-0.05, 0) is 43.0 Å². The highest BCUT2D eigenvalue weighted by atomic mass is 16.2. The zero-order valence-corrected chi connectivity index (χ0v) is 15.2. The van der Waals surface area contributed by atoms with Crippen molar-refractivity contribution in [3.8, 4) is 0 Å². The molecule has 2 amide bonds. The first-order valence-electron chi connectivity index (χ1n) is 9.23. The van der Waals surface area contributed by atoms with Crippen LogP contribution in [0, 0.1) is 6.92 Å². The summed E-state index contributed by atoms with van der Waals surface area (Å²) in [4.78, 5) is 31.2. The predicted molar refractivity (Wildman–Crippen MR) is 101 cm³/mol. The minimum atomic E-state index is -0.265. The molecule has 0 spiro atoms. The van der Waals surface area contributed by atoms with Crippen LogP contribution < -0.4 is 5.32 Å². The van der Waals surface area contributed by atoms with Crippen molar-refractivity contribution < 1.29 is 9.59 Å². The third-order valence-corrected chi connectivity index (χ3v) is 4.83. The van der Waals surface area contributed by atoms with Gasteiger partial charge in [0.1, 0.15) is 5.69 Å². The lowest BCUT2D eigenvalue weighted by Gasteiger charge is -2.20. The monoisotopic (exact) mass is 351 g/mol. The van der Waals surface area contributed by atoms with Crippen LogP contribution in [0.1, 0.15) is 57.7 Å². The Balaban J connectivity index is 1.67. The van der Waals surface area contributed by atoms with Crippen LogP contribution in [0.2, 0.25) is 0 Å². The summed E-state index contributed by atoms with van der Waals surface area (Å²) < 4.78 is 0. The molecule has 0 atom stereocenters. The second-order valence-corrected chi connectivity index (χ2v) is 6.75. The van der Waals surface area contributed by atoms with Gasteiger partial charge in [0.05, 0.1) is 0 Å². The Morgan fingerprint density at radius 2 is 1.81 bits per heavy atom. The Morgan fingerprint density at radius 3 is 2.54 bits per heavy atom. The molecular formula is C21H25N3O2. The number of likely N-dealkylation sites (tertiary alicyclic amines) is 1. The van der Waals surface area contributed by atoms with E-state index in [-0.39, 0.29) is 17.5 Å². The number of aryl methyl sites for hydroxylation is 1. The largest absolute Gasteiger partial charge is 0.347 e. The van der Waals surface area contributed by atoms with E-state index in [9.17, 15) is 9.59 Å².